The van der Waals surface area contributed by atoms with Gasteiger partial charge in [0.15, 0.2) is 0 Å². The maximum atomic E-state index is 13.1. The second-order valence-electron chi connectivity index (χ2n) is 4.51. The normalized spacial score (nSPS) is 11.7. The van der Waals surface area contributed by atoms with Gasteiger partial charge in [-0.05, 0) is 30.7 Å². The van der Waals surface area contributed by atoms with Crippen molar-refractivity contribution in [2.75, 3.05) is 11.5 Å². The van der Waals surface area contributed by atoms with Crippen LogP contribution in [0, 0.1) is 6.92 Å². The van der Waals surface area contributed by atoms with E-state index >= 15 is 0 Å². The van der Waals surface area contributed by atoms with Crippen LogP contribution in [0.15, 0.2) is 30.3 Å². The number of nitrogen functional groups attached to an aromatic ring is 2. The van der Waals surface area contributed by atoms with Gasteiger partial charge in [0, 0.05) is 5.56 Å². The van der Waals surface area contributed by atoms with E-state index in [1.165, 1.54) is 18.2 Å². The molecule has 2 rings (SSSR count). The lowest BCUT2D eigenvalue weighted by atomic mass is 9.96. The van der Waals surface area contributed by atoms with E-state index in [1.807, 2.05) is 0 Å². The molecule has 0 fully saturated rings. The largest absolute Gasteiger partial charge is 0.417 e. The standard InChI is InChI=1S/C14H12ClF3N2/c1-7-2-3-8(10(4-7)14(16,17)18)9-5-12(19)13(20)6-11(9)15/h2-6H,19-20H2,1H3. The first kappa shape index (κ1) is 14.5. The molecule has 0 aliphatic carbocycles. The van der Waals surface area contributed by atoms with Crippen molar-refractivity contribution < 1.29 is 13.2 Å². The topological polar surface area (TPSA) is 52.0 Å². The predicted octanol–water partition coefficient (Wildman–Crippen LogP) is 4.50. The number of benzene rings is 2. The highest BCUT2D eigenvalue weighted by molar-refractivity contribution is 6.34. The summed E-state index contributed by atoms with van der Waals surface area (Å²) in [6, 6.07) is 6.77. The molecule has 20 heavy (non-hydrogen) atoms. The molecule has 0 heterocycles. The number of aryl methyl sites for hydroxylation is 1. The van der Waals surface area contributed by atoms with Gasteiger partial charge in [-0.2, -0.15) is 13.2 Å². The van der Waals surface area contributed by atoms with E-state index < -0.39 is 11.7 Å². The maximum Gasteiger partial charge on any atom is 0.417 e. The van der Waals surface area contributed by atoms with Gasteiger partial charge in [0.1, 0.15) is 0 Å². The van der Waals surface area contributed by atoms with Gasteiger partial charge in [-0.1, -0.05) is 29.3 Å². The van der Waals surface area contributed by atoms with Crippen molar-refractivity contribution in [3.8, 4) is 11.1 Å². The quantitative estimate of drug-likeness (QED) is 0.762. The van der Waals surface area contributed by atoms with E-state index in [0.29, 0.717) is 5.56 Å². The van der Waals surface area contributed by atoms with Gasteiger partial charge < -0.3 is 11.5 Å². The molecule has 0 amide bonds. The molecule has 2 aromatic rings. The van der Waals surface area contributed by atoms with Crippen LogP contribution in [-0.4, -0.2) is 0 Å². The molecule has 0 aliphatic rings. The molecule has 0 spiro atoms. The Hall–Kier alpha value is -1.88. The smallest absolute Gasteiger partial charge is 0.397 e. The van der Waals surface area contributed by atoms with E-state index in [-0.39, 0.29) is 27.5 Å². The third kappa shape index (κ3) is 2.67. The molecular weight excluding hydrogens is 289 g/mol. The molecule has 0 radical (unpaired) electrons. The lowest BCUT2D eigenvalue weighted by Gasteiger charge is -2.16. The molecule has 2 nitrogen and oxygen atoms in total. The van der Waals surface area contributed by atoms with Crippen LogP contribution in [0.1, 0.15) is 11.1 Å². The number of hydrogen-bond donors (Lipinski definition) is 2. The van der Waals surface area contributed by atoms with E-state index in [0.717, 1.165) is 6.07 Å². The summed E-state index contributed by atoms with van der Waals surface area (Å²) >= 11 is 5.99. The van der Waals surface area contributed by atoms with Crippen molar-refractivity contribution in [3.63, 3.8) is 0 Å². The van der Waals surface area contributed by atoms with Gasteiger partial charge >= 0.3 is 6.18 Å². The zero-order chi connectivity index (χ0) is 15.1. The van der Waals surface area contributed by atoms with Crippen molar-refractivity contribution in [2.45, 2.75) is 13.1 Å². The Balaban J connectivity index is 2.73. The molecule has 0 aliphatic heterocycles. The number of nitrogens with two attached hydrogens (primary N) is 2. The number of hydrogen-bond acceptors (Lipinski definition) is 2. The monoisotopic (exact) mass is 300 g/mol. The highest BCUT2D eigenvalue weighted by Crippen LogP contribution is 2.41. The van der Waals surface area contributed by atoms with Crippen molar-refractivity contribution in [1.29, 1.82) is 0 Å². The summed E-state index contributed by atoms with van der Waals surface area (Å²) in [7, 11) is 0. The summed E-state index contributed by atoms with van der Waals surface area (Å²) in [5.41, 5.74) is 11.6. The fourth-order valence-corrected chi connectivity index (χ4v) is 2.21. The molecule has 0 unspecified atom stereocenters. The van der Waals surface area contributed by atoms with E-state index in [9.17, 15) is 13.2 Å². The average molecular weight is 301 g/mol. The maximum absolute atomic E-state index is 13.1. The van der Waals surface area contributed by atoms with Crippen LogP contribution in [-0.2, 0) is 6.18 Å². The lowest BCUT2D eigenvalue weighted by molar-refractivity contribution is -0.137. The number of anilines is 2. The SMILES string of the molecule is Cc1ccc(-c2cc(N)c(N)cc2Cl)c(C(F)(F)F)c1. The summed E-state index contributed by atoms with van der Waals surface area (Å²) < 4.78 is 39.4. The Morgan fingerprint density at radius 3 is 2.15 bits per heavy atom. The third-order valence-electron chi connectivity index (χ3n) is 2.94. The van der Waals surface area contributed by atoms with Crippen LogP contribution in [0.5, 0.6) is 0 Å². The molecule has 0 aromatic heterocycles. The minimum absolute atomic E-state index is 0.0141. The first-order valence-corrected chi connectivity index (χ1v) is 6.10. The van der Waals surface area contributed by atoms with Crippen molar-refractivity contribution in [3.05, 3.63) is 46.5 Å². The first-order valence-electron chi connectivity index (χ1n) is 5.73. The second-order valence-corrected chi connectivity index (χ2v) is 4.91. The molecule has 6 heteroatoms. The molecule has 0 saturated heterocycles. The predicted molar refractivity (Wildman–Crippen MR) is 75.5 cm³/mol. The molecule has 0 bridgehead atoms. The fourth-order valence-electron chi connectivity index (χ4n) is 1.94. The van der Waals surface area contributed by atoms with Crippen LogP contribution in [0.25, 0.3) is 11.1 Å². The van der Waals surface area contributed by atoms with Gasteiger partial charge in [-0.25, -0.2) is 0 Å². The Morgan fingerprint density at radius 1 is 0.950 bits per heavy atom. The van der Waals surface area contributed by atoms with Gasteiger partial charge in [0.25, 0.3) is 0 Å². The highest BCUT2D eigenvalue weighted by atomic mass is 35.5. The minimum Gasteiger partial charge on any atom is -0.397 e. The number of alkyl halides is 3. The Kier molecular flexibility index (Phi) is 3.56. The van der Waals surface area contributed by atoms with E-state index in [4.69, 9.17) is 23.1 Å². The van der Waals surface area contributed by atoms with Crippen molar-refractivity contribution >= 4 is 23.0 Å². The first-order chi connectivity index (χ1) is 9.20. The lowest BCUT2D eigenvalue weighted by Crippen LogP contribution is -2.08. The molecule has 0 saturated carbocycles. The van der Waals surface area contributed by atoms with E-state index in [2.05, 4.69) is 0 Å². The van der Waals surface area contributed by atoms with Gasteiger partial charge in [-0.3, -0.25) is 0 Å². The number of halogens is 4. The highest BCUT2D eigenvalue weighted by Gasteiger charge is 2.34. The molecule has 0 atom stereocenters. The van der Waals surface area contributed by atoms with Crippen LogP contribution < -0.4 is 11.5 Å². The van der Waals surface area contributed by atoms with Gasteiger partial charge in [0.05, 0.1) is 22.0 Å². The molecule has 2 aromatic carbocycles. The average Bonchev–Trinajstić information content (AvgIpc) is 2.33. The van der Waals surface area contributed by atoms with Crippen molar-refractivity contribution in [2.24, 2.45) is 0 Å². The van der Waals surface area contributed by atoms with Gasteiger partial charge in [0.2, 0.25) is 0 Å². The van der Waals surface area contributed by atoms with Crippen LogP contribution in [0.4, 0.5) is 24.5 Å². The number of rotatable bonds is 1. The summed E-state index contributed by atoms with van der Waals surface area (Å²) in [4.78, 5) is 0. The second kappa shape index (κ2) is 4.90. The van der Waals surface area contributed by atoms with Crippen LogP contribution in [0.3, 0.4) is 0 Å². The molecule has 106 valence electrons. The summed E-state index contributed by atoms with van der Waals surface area (Å²) in [6.07, 6.45) is -4.47. The Bertz CT molecular complexity index is 666. The summed E-state index contributed by atoms with van der Waals surface area (Å²) in [5, 5.41) is 0.131. The van der Waals surface area contributed by atoms with Crippen molar-refractivity contribution in [1.82, 2.24) is 0 Å². The zero-order valence-electron chi connectivity index (χ0n) is 10.6. The summed E-state index contributed by atoms with van der Waals surface area (Å²) in [6.45, 7) is 1.60. The molecular formula is C14H12ClF3N2. The fraction of sp³-hybridized carbons (Fsp3) is 0.143. The van der Waals surface area contributed by atoms with Crippen LogP contribution in [0.2, 0.25) is 5.02 Å². The minimum atomic E-state index is -4.47. The van der Waals surface area contributed by atoms with Gasteiger partial charge in [-0.15, -0.1) is 0 Å². The van der Waals surface area contributed by atoms with E-state index in [1.54, 1.807) is 13.0 Å². The third-order valence-corrected chi connectivity index (χ3v) is 3.26. The summed E-state index contributed by atoms with van der Waals surface area (Å²) in [5.74, 6) is 0. The Labute approximate surface area is 119 Å². The van der Waals surface area contributed by atoms with Crippen LogP contribution >= 0.6 is 11.6 Å². The zero-order valence-corrected chi connectivity index (χ0v) is 11.3. The Morgan fingerprint density at radius 2 is 1.55 bits per heavy atom. The molecule has 4 N–H and O–H groups in total.